The molecular formula is C23H28N2O4. The van der Waals surface area contributed by atoms with Crippen molar-refractivity contribution in [2.24, 2.45) is 5.73 Å². The van der Waals surface area contributed by atoms with E-state index in [-0.39, 0.29) is 11.9 Å². The number of carbonyl (C=O) groups excluding carboxylic acids is 2. The molecule has 1 aliphatic heterocycles. The van der Waals surface area contributed by atoms with Crippen LogP contribution in [0.1, 0.15) is 54.6 Å². The number of rotatable bonds is 5. The van der Waals surface area contributed by atoms with Gasteiger partial charge in [0.05, 0.1) is 11.5 Å². The molecule has 6 heteroatoms. The fourth-order valence-electron chi connectivity index (χ4n) is 3.35. The third-order valence-corrected chi connectivity index (χ3v) is 4.64. The van der Waals surface area contributed by atoms with E-state index in [1.54, 1.807) is 18.2 Å². The van der Waals surface area contributed by atoms with E-state index in [0.717, 1.165) is 12.0 Å². The minimum Gasteiger partial charge on any atom is -0.474 e. The monoisotopic (exact) mass is 396 g/mol. The molecule has 1 amide bonds. The lowest BCUT2D eigenvalue weighted by Gasteiger charge is -2.32. The van der Waals surface area contributed by atoms with Crippen LogP contribution < -0.4 is 15.8 Å². The van der Waals surface area contributed by atoms with Gasteiger partial charge in [0.2, 0.25) is 0 Å². The maximum Gasteiger partial charge on any atom is 0.314 e. The van der Waals surface area contributed by atoms with Crippen LogP contribution >= 0.6 is 0 Å². The summed E-state index contributed by atoms with van der Waals surface area (Å²) >= 11 is 0. The van der Waals surface area contributed by atoms with Crippen LogP contribution in [0.4, 0.5) is 0 Å². The molecule has 0 spiro atoms. The van der Waals surface area contributed by atoms with Gasteiger partial charge in [-0.25, -0.2) is 0 Å². The number of hydrogen-bond acceptors (Lipinski definition) is 5. The fourth-order valence-corrected chi connectivity index (χ4v) is 3.35. The Morgan fingerprint density at radius 1 is 1.14 bits per heavy atom. The molecule has 1 heterocycles. The Labute approximate surface area is 171 Å². The summed E-state index contributed by atoms with van der Waals surface area (Å²) in [5, 5.41) is 2.92. The van der Waals surface area contributed by atoms with Gasteiger partial charge in [0, 0.05) is 18.5 Å². The van der Waals surface area contributed by atoms with Crippen LogP contribution in [-0.4, -0.2) is 30.3 Å². The summed E-state index contributed by atoms with van der Waals surface area (Å²) < 4.78 is 11.3. The average Bonchev–Trinajstić information content (AvgIpc) is 2.66. The number of amides is 1. The fraction of sp³-hybridized carbons (Fsp3) is 0.391. The van der Waals surface area contributed by atoms with E-state index < -0.39 is 17.7 Å². The molecule has 2 atom stereocenters. The van der Waals surface area contributed by atoms with Crippen molar-refractivity contribution in [2.75, 3.05) is 6.54 Å². The van der Waals surface area contributed by atoms with E-state index in [0.29, 0.717) is 29.8 Å². The van der Waals surface area contributed by atoms with Gasteiger partial charge in [-0.2, -0.15) is 0 Å². The third kappa shape index (κ3) is 5.35. The first-order chi connectivity index (χ1) is 13.7. The molecule has 0 saturated carbocycles. The van der Waals surface area contributed by atoms with Crippen LogP contribution in [0.2, 0.25) is 0 Å². The van der Waals surface area contributed by atoms with Crippen LogP contribution in [0.25, 0.3) is 0 Å². The van der Waals surface area contributed by atoms with Gasteiger partial charge >= 0.3 is 5.97 Å². The molecule has 0 aliphatic carbocycles. The first-order valence-corrected chi connectivity index (χ1v) is 9.85. The highest BCUT2D eigenvalue weighted by Gasteiger charge is 2.36. The maximum atomic E-state index is 12.8. The molecule has 0 aromatic heterocycles. The van der Waals surface area contributed by atoms with E-state index in [9.17, 15) is 9.59 Å². The molecule has 154 valence electrons. The smallest absolute Gasteiger partial charge is 0.314 e. The van der Waals surface area contributed by atoms with Gasteiger partial charge in [0.25, 0.3) is 5.91 Å². The molecule has 3 rings (SSSR count). The Bertz CT molecular complexity index is 874. The Kier molecular flexibility index (Phi) is 6.23. The zero-order valence-electron chi connectivity index (χ0n) is 17.1. The van der Waals surface area contributed by atoms with Crippen molar-refractivity contribution in [3.8, 4) is 5.75 Å². The first kappa shape index (κ1) is 20.9. The van der Waals surface area contributed by atoms with Crippen molar-refractivity contribution < 1.29 is 19.1 Å². The Hall–Kier alpha value is -2.86. The van der Waals surface area contributed by atoms with Crippen LogP contribution in [-0.2, 0) is 16.0 Å². The quantitative estimate of drug-likeness (QED) is 0.758. The first-order valence-electron chi connectivity index (χ1n) is 9.85. The predicted octanol–water partition coefficient (Wildman–Crippen LogP) is 3.15. The van der Waals surface area contributed by atoms with E-state index >= 15 is 0 Å². The second-order valence-electron chi connectivity index (χ2n) is 8.19. The molecule has 0 bridgehead atoms. The lowest BCUT2D eigenvalue weighted by Crippen LogP contribution is -2.39. The van der Waals surface area contributed by atoms with E-state index in [1.807, 2.05) is 51.1 Å². The SMILES string of the molecule is CC(C)(C)OC(=O)C1CC(N)Oc2c(C(=O)NCCc3ccccc3)cccc21. The summed E-state index contributed by atoms with van der Waals surface area (Å²) in [6.07, 6.45) is 0.349. The molecule has 1 aliphatic rings. The minimum absolute atomic E-state index is 0.255. The highest BCUT2D eigenvalue weighted by Crippen LogP contribution is 2.39. The number of carbonyl (C=O) groups is 2. The number of hydrogen-bond donors (Lipinski definition) is 2. The average molecular weight is 396 g/mol. The molecule has 3 N–H and O–H groups in total. The number of ether oxygens (including phenoxy) is 2. The van der Waals surface area contributed by atoms with Crippen molar-refractivity contribution in [2.45, 2.75) is 51.4 Å². The van der Waals surface area contributed by atoms with Gasteiger partial charge in [0.15, 0.2) is 0 Å². The van der Waals surface area contributed by atoms with Gasteiger partial charge in [-0.05, 0) is 38.8 Å². The standard InChI is InChI=1S/C23H28N2O4/c1-23(2,3)29-22(27)18-14-19(24)28-20-16(18)10-7-11-17(20)21(26)25-13-12-15-8-5-4-6-9-15/h4-11,18-19H,12-14,24H2,1-3H3,(H,25,26). The summed E-state index contributed by atoms with van der Waals surface area (Å²) in [7, 11) is 0. The largest absolute Gasteiger partial charge is 0.474 e. The summed E-state index contributed by atoms with van der Waals surface area (Å²) in [6, 6.07) is 15.2. The molecule has 29 heavy (non-hydrogen) atoms. The van der Waals surface area contributed by atoms with Crippen LogP contribution in [0, 0.1) is 0 Å². The van der Waals surface area contributed by atoms with E-state index in [1.165, 1.54) is 0 Å². The van der Waals surface area contributed by atoms with Crippen molar-refractivity contribution >= 4 is 11.9 Å². The number of nitrogens with one attached hydrogen (secondary N) is 1. The van der Waals surface area contributed by atoms with Gasteiger partial charge in [-0.1, -0.05) is 42.5 Å². The predicted molar refractivity (Wildman–Crippen MR) is 111 cm³/mol. The van der Waals surface area contributed by atoms with E-state index in [2.05, 4.69) is 5.32 Å². The van der Waals surface area contributed by atoms with Crippen LogP contribution in [0.3, 0.4) is 0 Å². The minimum atomic E-state index is -0.682. The van der Waals surface area contributed by atoms with E-state index in [4.69, 9.17) is 15.2 Å². The van der Waals surface area contributed by atoms with Crippen molar-refractivity contribution in [1.29, 1.82) is 0 Å². The summed E-state index contributed by atoms with van der Waals surface area (Å²) in [4.78, 5) is 25.5. The van der Waals surface area contributed by atoms with Crippen molar-refractivity contribution in [1.82, 2.24) is 5.32 Å². The van der Waals surface area contributed by atoms with Gasteiger partial charge in [-0.3, -0.25) is 15.3 Å². The van der Waals surface area contributed by atoms with Gasteiger partial charge in [-0.15, -0.1) is 0 Å². The highest BCUT2D eigenvalue weighted by atomic mass is 16.6. The molecule has 6 nitrogen and oxygen atoms in total. The normalized spacial score (nSPS) is 18.3. The molecule has 2 aromatic carbocycles. The summed E-state index contributed by atoms with van der Waals surface area (Å²) in [5.74, 6) is -0.821. The molecule has 0 fully saturated rings. The van der Waals surface area contributed by atoms with Gasteiger partial charge < -0.3 is 14.8 Å². The highest BCUT2D eigenvalue weighted by molar-refractivity contribution is 5.98. The lowest BCUT2D eigenvalue weighted by molar-refractivity contribution is -0.158. The molecule has 2 unspecified atom stereocenters. The van der Waals surface area contributed by atoms with Crippen LogP contribution in [0.5, 0.6) is 5.75 Å². The number of benzene rings is 2. The number of esters is 1. The van der Waals surface area contributed by atoms with Crippen LogP contribution in [0.15, 0.2) is 48.5 Å². The van der Waals surface area contributed by atoms with Crippen molar-refractivity contribution in [3.05, 3.63) is 65.2 Å². The number of nitrogens with two attached hydrogens (primary N) is 1. The second-order valence-corrected chi connectivity index (χ2v) is 8.19. The lowest BCUT2D eigenvalue weighted by atomic mass is 9.89. The number of para-hydroxylation sites is 1. The zero-order valence-corrected chi connectivity index (χ0v) is 17.1. The number of fused-ring (bicyclic) bond motifs is 1. The van der Waals surface area contributed by atoms with Gasteiger partial charge in [0.1, 0.15) is 17.6 Å². The maximum absolute atomic E-state index is 12.8. The van der Waals surface area contributed by atoms with Crippen molar-refractivity contribution in [3.63, 3.8) is 0 Å². The molecule has 0 saturated heterocycles. The summed E-state index contributed by atoms with van der Waals surface area (Å²) in [5.41, 5.74) is 7.57. The Morgan fingerprint density at radius 3 is 2.55 bits per heavy atom. The second kappa shape index (κ2) is 8.66. The Morgan fingerprint density at radius 2 is 1.86 bits per heavy atom. The molecular weight excluding hydrogens is 368 g/mol. The third-order valence-electron chi connectivity index (χ3n) is 4.64. The zero-order chi connectivity index (χ0) is 21.0. The molecule has 2 aromatic rings. The molecule has 0 radical (unpaired) electrons. The summed E-state index contributed by atoms with van der Waals surface area (Å²) in [6.45, 7) is 5.96. The topological polar surface area (TPSA) is 90.7 Å². The Balaban J connectivity index is 1.77.